The van der Waals surface area contributed by atoms with Crippen LogP contribution in [0.3, 0.4) is 0 Å². The summed E-state index contributed by atoms with van der Waals surface area (Å²) in [5.74, 6) is 6.50. The number of hydrogen-bond acceptors (Lipinski definition) is 2. The van der Waals surface area contributed by atoms with Crippen molar-refractivity contribution < 1.29 is 0 Å². The number of aromatic nitrogens is 1. The van der Waals surface area contributed by atoms with E-state index in [1.807, 2.05) is 18.2 Å². The Hall–Kier alpha value is -2.54. The lowest BCUT2D eigenvalue weighted by Gasteiger charge is -2.29. The van der Waals surface area contributed by atoms with Crippen LogP contribution in [0.15, 0.2) is 54.6 Å². The summed E-state index contributed by atoms with van der Waals surface area (Å²) in [4.78, 5) is 2.41. The monoisotopic (exact) mass is 415 g/mol. The third-order valence-corrected chi connectivity index (χ3v) is 5.93. The van der Waals surface area contributed by atoms with Gasteiger partial charge in [0.05, 0.1) is 5.69 Å². The molecule has 1 aliphatic rings. The second-order valence-corrected chi connectivity index (χ2v) is 8.44. The summed E-state index contributed by atoms with van der Waals surface area (Å²) >= 11 is 0. The molecule has 3 heteroatoms. The maximum absolute atomic E-state index is 3.73. The molecule has 4 rings (SSSR count). The largest absolute Gasteiger partial charge is 0.334 e. The van der Waals surface area contributed by atoms with Crippen molar-refractivity contribution in [3.8, 4) is 11.8 Å². The van der Waals surface area contributed by atoms with E-state index in [0.29, 0.717) is 6.04 Å². The number of benzene rings is 2. The number of hydrogen-bond donors (Lipinski definition) is 1. The molecule has 164 valence electrons. The smallest absolute Gasteiger partial charge is 0.0930 e. The summed E-state index contributed by atoms with van der Waals surface area (Å²) < 4.78 is 2.31. The molecule has 1 aliphatic heterocycles. The highest BCUT2D eigenvalue weighted by atomic mass is 15.1. The van der Waals surface area contributed by atoms with Crippen molar-refractivity contribution in [2.24, 2.45) is 0 Å². The van der Waals surface area contributed by atoms with E-state index in [9.17, 15) is 0 Å². The first kappa shape index (κ1) is 23.1. The van der Waals surface area contributed by atoms with Crippen molar-refractivity contribution >= 4 is 10.9 Å². The van der Waals surface area contributed by atoms with E-state index < -0.39 is 0 Å². The molecule has 2 heterocycles. The third kappa shape index (κ3) is 6.72. The molecule has 1 fully saturated rings. The lowest BCUT2D eigenvalue weighted by molar-refractivity contribution is 0.234. The van der Waals surface area contributed by atoms with Crippen LogP contribution in [0, 0.1) is 18.8 Å². The van der Waals surface area contributed by atoms with Crippen molar-refractivity contribution in [1.29, 1.82) is 0 Å². The molecule has 1 N–H and O–H groups in total. The number of aryl methyl sites for hydroxylation is 2. The van der Waals surface area contributed by atoms with E-state index in [0.717, 1.165) is 25.2 Å². The summed E-state index contributed by atoms with van der Waals surface area (Å²) in [5.41, 5.74) is 5.11. The first-order valence-corrected chi connectivity index (χ1v) is 11.6. The minimum atomic E-state index is 0.656. The Kier molecular flexibility index (Phi) is 8.76. The molecule has 0 amide bonds. The molecule has 0 spiro atoms. The predicted octanol–water partition coefficient (Wildman–Crippen LogP) is 5.60. The number of piperidine rings is 1. The molecule has 2 aromatic carbocycles. The minimum absolute atomic E-state index is 0.656. The minimum Gasteiger partial charge on any atom is -0.334 e. The molecular weight excluding hydrogens is 378 g/mol. The highest BCUT2D eigenvalue weighted by molar-refractivity contribution is 5.83. The summed E-state index contributed by atoms with van der Waals surface area (Å²) in [6, 6.07) is 20.0. The number of fused-ring (bicyclic) bond motifs is 1. The van der Waals surface area contributed by atoms with Crippen LogP contribution >= 0.6 is 0 Å². The second kappa shape index (κ2) is 11.7. The van der Waals surface area contributed by atoms with Gasteiger partial charge in [-0.15, -0.1) is 0 Å². The van der Waals surface area contributed by atoms with Crippen LogP contribution in [0.2, 0.25) is 0 Å². The van der Waals surface area contributed by atoms with Gasteiger partial charge in [0.1, 0.15) is 0 Å². The number of likely N-dealkylation sites (tertiary alicyclic amines) is 1. The van der Waals surface area contributed by atoms with Gasteiger partial charge in [-0.25, -0.2) is 0 Å². The van der Waals surface area contributed by atoms with E-state index in [1.165, 1.54) is 48.0 Å². The van der Waals surface area contributed by atoms with Crippen LogP contribution in [0.5, 0.6) is 0 Å². The zero-order valence-electron chi connectivity index (χ0n) is 19.6. The Morgan fingerprint density at radius 3 is 2.35 bits per heavy atom. The van der Waals surface area contributed by atoms with Crippen molar-refractivity contribution in [2.45, 2.75) is 59.2 Å². The van der Waals surface area contributed by atoms with Crippen LogP contribution in [-0.4, -0.2) is 35.6 Å². The van der Waals surface area contributed by atoms with Crippen molar-refractivity contribution in [3.63, 3.8) is 0 Å². The number of nitrogens with one attached hydrogen (secondary N) is 1. The topological polar surface area (TPSA) is 20.2 Å². The van der Waals surface area contributed by atoms with Gasteiger partial charge in [-0.3, -0.25) is 0 Å². The molecule has 1 saturated heterocycles. The van der Waals surface area contributed by atoms with Crippen molar-refractivity contribution in [1.82, 2.24) is 14.8 Å². The average Bonchev–Trinajstić information content (AvgIpc) is 3.15. The normalized spacial score (nSPS) is 14.6. The SMILES string of the molecule is CCC#Cc1cc2cc(CNC3CCN(C)CC3)ccc2n1CC.Cc1ccccc1. The van der Waals surface area contributed by atoms with E-state index in [1.54, 1.807) is 0 Å². The molecule has 0 bridgehead atoms. The van der Waals surface area contributed by atoms with Gasteiger partial charge in [-0.1, -0.05) is 54.8 Å². The maximum Gasteiger partial charge on any atom is 0.0930 e. The van der Waals surface area contributed by atoms with E-state index >= 15 is 0 Å². The summed E-state index contributed by atoms with van der Waals surface area (Å²) in [7, 11) is 2.21. The molecule has 31 heavy (non-hydrogen) atoms. The lowest BCUT2D eigenvalue weighted by atomic mass is 10.0. The standard InChI is InChI=1S/C21H29N3.C7H8/c1-4-6-7-20-15-18-14-17(8-9-21(18)24(20)5-2)16-22-19-10-12-23(3)13-11-19;1-7-5-3-2-4-6-7/h8-9,14-15,19,22H,4-5,10-13,16H2,1-3H3;2-6H,1H3. The fourth-order valence-electron chi connectivity index (χ4n) is 4.06. The van der Waals surface area contributed by atoms with Crippen LogP contribution in [0.4, 0.5) is 0 Å². The first-order valence-electron chi connectivity index (χ1n) is 11.6. The van der Waals surface area contributed by atoms with Crippen molar-refractivity contribution in [2.75, 3.05) is 20.1 Å². The molecule has 1 aromatic heterocycles. The van der Waals surface area contributed by atoms with Gasteiger partial charge < -0.3 is 14.8 Å². The third-order valence-electron chi connectivity index (χ3n) is 5.93. The lowest BCUT2D eigenvalue weighted by Crippen LogP contribution is -2.40. The summed E-state index contributed by atoms with van der Waals surface area (Å²) in [6.45, 7) is 10.7. The van der Waals surface area contributed by atoms with Crippen LogP contribution in [0.25, 0.3) is 10.9 Å². The van der Waals surface area contributed by atoms with Gasteiger partial charge in [0, 0.05) is 36.5 Å². The highest BCUT2D eigenvalue weighted by Gasteiger charge is 2.16. The van der Waals surface area contributed by atoms with Crippen LogP contribution in [-0.2, 0) is 13.1 Å². The van der Waals surface area contributed by atoms with Crippen LogP contribution in [0.1, 0.15) is 49.9 Å². The van der Waals surface area contributed by atoms with Gasteiger partial charge in [-0.2, -0.15) is 0 Å². The molecule has 3 nitrogen and oxygen atoms in total. The first-order chi connectivity index (χ1) is 15.1. The summed E-state index contributed by atoms with van der Waals surface area (Å²) in [5, 5.41) is 5.04. The molecule has 3 aromatic rings. The molecule has 0 saturated carbocycles. The van der Waals surface area contributed by atoms with Gasteiger partial charge in [0.25, 0.3) is 0 Å². The molecule has 0 unspecified atom stereocenters. The van der Waals surface area contributed by atoms with Gasteiger partial charge in [0.15, 0.2) is 0 Å². The zero-order valence-corrected chi connectivity index (χ0v) is 19.6. The Morgan fingerprint density at radius 1 is 1.00 bits per heavy atom. The van der Waals surface area contributed by atoms with E-state index in [-0.39, 0.29) is 0 Å². The zero-order chi connectivity index (χ0) is 22.1. The molecule has 0 aliphatic carbocycles. The Labute approximate surface area is 188 Å². The molecule has 0 atom stereocenters. The Bertz CT molecular complexity index is 999. The fourth-order valence-corrected chi connectivity index (χ4v) is 4.06. The number of nitrogens with zero attached hydrogens (tertiary/aromatic N) is 2. The van der Waals surface area contributed by atoms with Crippen molar-refractivity contribution in [3.05, 3.63) is 71.4 Å². The maximum atomic E-state index is 3.73. The molecular formula is C28H37N3. The average molecular weight is 416 g/mol. The Balaban J connectivity index is 0.000000330. The highest BCUT2D eigenvalue weighted by Crippen LogP contribution is 2.21. The van der Waals surface area contributed by atoms with Gasteiger partial charge in [-0.05, 0) is 76.5 Å². The molecule has 0 radical (unpaired) electrons. The Morgan fingerprint density at radius 2 is 1.74 bits per heavy atom. The fraction of sp³-hybridized carbons (Fsp3) is 0.429. The van der Waals surface area contributed by atoms with Crippen LogP contribution < -0.4 is 5.32 Å². The second-order valence-electron chi connectivity index (χ2n) is 8.44. The summed E-state index contributed by atoms with van der Waals surface area (Å²) in [6.07, 6.45) is 3.40. The quantitative estimate of drug-likeness (QED) is 0.560. The van der Waals surface area contributed by atoms with E-state index in [4.69, 9.17) is 0 Å². The number of rotatable bonds is 4. The van der Waals surface area contributed by atoms with Gasteiger partial charge >= 0.3 is 0 Å². The van der Waals surface area contributed by atoms with Gasteiger partial charge in [0.2, 0.25) is 0 Å². The predicted molar refractivity (Wildman–Crippen MR) is 133 cm³/mol. The van der Waals surface area contributed by atoms with E-state index in [2.05, 4.69) is 90.8 Å².